The van der Waals surface area contributed by atoms with Crippen LogP contribution in [0.15, 0.2) is 11.6 Å². The van der Waals surface area contributed by atoms with Gasteiger partial charge in [-0.2, -0.15) is 0 Å². The summed E-state index contributed by atoms with van der Waals surface area (Å²) >= 11 is 0. The number of carbonyl (C=O) groups excluding carboxylic acids is 1. The molecule has 12 heavy (non-hydrogen) atoms. The summed E-state index contributed by atoms with van der Waals surface area (Å²) in [5.74, 6) is -0.590. The monoisotopic (exact) mass is 172 g/mol. The molecule has 1 aliphatic rings. The third-order valence-corrected chi connectivity index (χ3v) is 1.74. The molecule has 0 saturated carbocycles. The van der Waals surface area contributed by atoms with Crippen molar-refractivity contribution in [1.29, 1.82) is 0 Å². The molecule has 2 unspecified atom stereocenters. The van der Waals surface area contributed by atoms with Crippen LogP contribution in [0.4, 0.5) is 0 Å². The predicted molar refractivity (Wildman–Crippen MR) is 41.1 cm³/mol. The Balaban J connectivity index is 2.61. The molecule has 68 valence electrons. The molecule has 1 heterocycles. The van der Waals surface area contributed by atoms with E-state index in [1.54, 1.807) is 0 Å². The van der Waals surface area contributed by atoms with E-state index >= 15 is 0 Å². The first kappa shape index (κ1) is 9.22. The highest BCUT2D eigenvalue weighted by Gasteiger charge is 2.28. The van der Waals surface area contributed by atoms with Crippen molar-refractivity contribution in [3.05, 3.63) is 11.6 Å². The number of aliphatic hydroxyl groups is 2. The fourth-order valence-electron chi connectivity index (χ4n) is 1.12. The van der Waals surface area contributed by atoms with E-state index in [0.717, 1.165) is 12.5 Å². The fourth-order valence-corrected chi connectivity index (χ4v) is 1.12. The molecule has 0 aromatic carbocycles. The standard InChI is InChI=1S/C8H12O4/c1-2-3-6(9)5-4-7(10)12-8(5)11/h4,6,8-9,11H,2-3H2,1H3. The second-order valence-electron chi connectivity index (χ2n) is 2.74. The van der Waals surface area contributed by atoms with Gasteiger partial charge in [0.25, 0.3) is 0 Å². The minimum atomic E-state index is -1.25. The van der Waals surface area contributed by atoms with Crippen molar-refractivity contribution in [2.75, 3.05) is 0 Å². The van der Waals surface area contributed by atoms with E-state index in [9.17, 15) is 9.90 Å². The van der Waals surface area contributed by atoms with E-state index < -0.39 is 18.4 Å². The maximum Gasteiger partial charge on any atom is 0.333 e. The van der Waals surface area contributed by atoms with Crippen molar-refractivity contribution in [1.82, 2.24) is 0 Å². The lowest BCUT2D eigenvalue weighted by molar-refractivity contribution is -0.151. The molecule has 1 rings (SSSR count). The van der Waals surface area contributed by atoms with E-state index in [0.29, 0.717) is 6.42 Å². The topological polar surface area (TPSA) is 66.8 Å². The Bertz CT molecular complexity index is 209. The van der Waals surface area contributed by atoms with E-state index in [1.165, 1.54) is 0 Å². The van der Waals surface area contributed by atoms with Crippen LogP contribution in [0.3, 0.4) is 0 Å². The summed E-state index contributed by atoms with van der Waals surface area (Å²) in [7, 11) is 0. The second-order valence-corrected chi connectivity index (χ2v) is 2.74. The average Bonchev–Trinajstić information content (AvgIpc) is 2.30. The van der Waals surface area contributed by atoms with Gasteiger partial charge >= 0.3 is 5.97 Å². The molecule has 0 aromatic rings. The maximum atomic E-state index is 10.6. The van der Waals surface area contributed by atoms with Gasteiger partial charge in [0.15, 0.2) is 0 Å². The number of aliphatic hydroxyl groups excluding tert-OH is 2. The molecule has 0 amide bonds. The summed E-state index contributed by atoms with van der Waals surface area (Å²) in [6.45, 7) is 1.91. The number of esters is 1. The average molecular weight is 172 g/mol. The largest absolute Gasteiger partial charge is 0.429 e. The van der Waals surface area contributed by atoms with Crippen LogP contribution < -0.4 is 0 Å². The molecule has 2 N–H and O–H groups in total. The first-order valence-corrected chi connectivity index (χ1v) is 3.93. The van der Waals surface area contributed by atoms with Gasteiger partial charge in [-0.3, -0.25) is 0 Å². The third-order valence-electron chi connectivity index (χ3n) is 1.74. The molecule has 4 heteroatoms. The van der Waals surface area contributed by atoms with Crippen molar-refractivity contribution < 1.29 is 19.7 Å². The van der Waals surface area contributed by atoms with Crippen molar-refractivity contribution in [3.8, 4) is 0 Å². The Morgan fingerprint density at radius 1 is 1.75 bits per heavy atom. The Kier molecular flexibility index (Phi) is 2.83. The summed E-state index contributed by atoms with van der Waals surface area (Å²) in [6.07, 6.45) is 0.444. The molecule has 1 aliphatic heterocycles. The molecule has 0 radical (unpaired) electrons. The Morgan fingerprint density at radius 3 is 2.83 bits per heavy atom. The number of cyclic esters (lactones) is 1. The number of hydrogen-bond donors (Lipinski definition) is 2. The fraction of sp³-hybridized carbons (Fsp3) is 0.625. The third kappa shape index (κ3) is 1.84. The predicted octanol–water partition coefficient (Wildman–Crippen LogP) is -0.0510. The molecule has 0 saturated heterocycles. The van der Waals surface area contributed by atoms with Gasteiger partial charge in [-0.25, -0.2) is 4.79 Å². The molecular weight excluding hydrogens is 160 g/mol. The lowest BCUT2D eigenvalue weighted by Crippen LogP contribution is -2.20. The summed E-state index contributed by atoms with van der Waals surface area (Å²) < 4.78 is 4.41. The van der Waals surface area contributed by atoms with Crippen LogP contribution in [-0.4, -0.2) is 28.6 Å². The van der Waals surface area contributed by atoms with Crippen LogP contribution in [0, 0.1) is 0 Å². The smallest absolute Gasteiger partial charge is 0.333 e. The SMILES string of the molecule is CCCC(O)C1=CC(=O)OC1O. The van der Waals surface area contributed by atoms with Gasteiger partial charge < -0.3 is 14.9 Å². The van der Waals surface area contributed by atoms with Crippen molar-refractivity contribution in [3.63, 3.8) is 0 Å². The number of ether oxygens (including phenoxy) is 1. The summed E-state index contributed by atoms with van der Waals surface area (Å²) in [4.78, 5) is 10.6. The zero-order valence-electron chi connectivity index (χ0n) is 6.86. The zero-order chi connectivity index (χ0) is 9.14. The van der Waals surface area contributed by atoms with Gasteiger partial charge in [0.1, 0.15) is 0 Å². The number of hydrogen-bond acceptors (Lipinski definition) is 4. The van der Waals surface area contributed by atoms with E-state index in [1.807, 2.05) is 6.92 Å². The van der Waals surface area contributed by atoms with Gasteiger partial charge in [-0.1, -0.05) is 13.3 Å². The minimum absolute atomic E-state index is 0.266. The van der Waals surface area contributed by atoms with Gasteiger partial charge in [-0.15, -0.1) is 0 Å². The van der Waals surface area contributed by atoms with Crippen LogP contribution in [0.5, 0.6) is 0 Å². The number of rotatable bonds is 3. The van der Waals surface area contributed by atoms with Crippen LogP contribution in [0.25, 0.3) is 0 Å². The van der Waals surface area contributed by atoms with Gasteiger partial charge in [0, 0.05) is 11.6 Å². The van der Waals surface area contributed by atoms with Gasteiger partial charge in [-0.05, 0) is 6.42 Å². The maximum absolute atomic E-state index is 10.6. The zero-order valence-corrected chi connectivity index (χ0v) is 6.86. The summed E-state index contributed by atoms with van der Waals surface area (Å²) in [5, 5.41) is 18.5. The van der Waals surface area contributed by atoms with E-state index in [-0.39, 0.29) is 5.57 Å². The first-order valence-electron chi connectivity index (χ1n) is 3.93. The Hall–Kier alpha value is -0.870. The van der Waals surface area contributed by atoms with Gasteiger partial charge in [0.05, 0.1) is 6.10 Å². The summed E-state index contributed by atoms with van der Waals surface area (Å²) in [6, 6.07) is 0. The van der Waals surface area contributed by atoms with E-state index in [2.05, 4.69) is 4.74 Å². The lowest BCUT2D eigenvalue weighted by Gasteiger charge is -2.12. The van der Waals surface area contributed by atoms with Crippen LogP contribution in [0.1, 0.15) is 19.8 Å². The molecule has 0 spiro atoms. The van der Waals surface area contributed by atoms with E-state index in [4.69, 9.17) is 5.11 Å². The quantitative estimate of drug-likeness (QED) is 0.586. The van der Waals surface area contributed by atoms with Crippen LogP contribution in [0.2, 0.25) is 0 Å². The van der Waals surface area contributed by atoms with Crippen LogP contribution in [-0.2, 0) is 9.53 Å². The van der Waals surface area contributed by atoms with Gasteiger partial charge in [0.2, 0.25) is 6.29 Å². The lowest BCUT2D eigenvalue weighted by atomic mass is 10.1. The molecular formula is C8H12O4. The Morgan fingerprint density at radius 2 is 2.42 bits per heavy atom. The molecule has 4 nitrogen and oxygen atoms in total. The molecule has 0 aliphatic carbocycles. The second kappa shape index (κ2) is 3.69. The van der Waals surface area contributed by atoms with Crippen LogP contribution >= 0.6 is 0 Å². The molecule has 0 bridgehead atoms. The first-order chi connectivity index (χ1) is 5.65. The highest BCUT2D eigenvalue weighted by molar-refractivity contribution is 5.85. The molecule has 0 fully saturated rings. The highest BCUT2D eigenvalue weighted by atomic mass is 16.6. The van der Waals surface area contributed by atoms with Crippen molar-refractivity contribution in [2.24, 2.45) is 0 Å². The number of carbonyl (C=O) groups is 1. The highest BCUT2D eigenvalue weighted by Crippen LogP contribution is 2.19. The minimum Gasteiger partial charge on any atom is -0.429 e. The van der Waals surface area contributed by atoms with Crippen molar-refractivity contribution >= 4 is 5.97 Å². The molecule has 2 atom stereocenters. The Labute approximate surface area is 70.5 Å². The normalized spacial score (nSPS) is 25.1. The van der Waals surface area contributed by atoms with Crippen molar-refractivity contribution in [2.45, 2.75) is 32.2 Å². The molecule has 0 aromatic heterocycles. The summed E-state index contributed by atoms with van der Waals surface area (Å²) in [5.41, 5.74) is 0.266.